The molecule has 0 saturated carbocycles. The summed E-state index contributed by atoms with van der Waals surface area (Å²) in [6.07, 6.45) is -1.86. The normalized spacial score (nSPS) is 26.8. The van der Waals surface area contributed by atoms with Crippen molar-refractivity contribution in [1.29, 1.82) is 0 Å². The molecule has 1 rings (SSSR count). The molecule has 0 aromatic heterocycles. The zero-order valence-electron chi connectivity index (χ0n) is 11.8. The average Bonchev–Trinajstić information content (AvgIpc) is 2.66. The van der Waals surface area contributed by atoms with Gasteiger partial charge in [0.25, 0.3) is 11.8 Å². The maximum Gasteiger partial charge on any atom is 0.252 e. The smallest absolute Gasteiger partial charge is 0.252 e. The van der Waals surface area contributed by atoms with E-state index in [1.807, 2.05) is 20.8 Å². The molecule has 1 heterocycles. The highest BCUT2D eigenvalue weighted by Crippen LogP contribution is 2.42. The first-order chi connectivity index (χ1) is 8.16. The third-order valence-electron chi connectivity index (χ3n) is 3.35. The summed E-state index contributed by atoms with van der Waals surface area (Å²) in [7, 11) is 3.00. The van der Waals surface area contributed by atoms with E-state index >= 15 is 0 Å². The molecule has 2 N–H and O–H groups in total. The van der Waals surface area contributed by atoms with Crippen molar-refractivity contribution in [2.75, 3.05) is 14.1 Å². The first kappa shape index (κ1) is 14.9. The van der Waals surface area contributed by atoms with Gasteiger partial charge in [-0.1, -0.05) is 20.8 Å². The fraction of sp³-hybridized carbons (Fsp3) is 0.833. The standard InChI is InChI=1S/C12H22N2O4/c1-11(2,3)12(4)17-7(9(15)13-5)8(18-12)10(16)14-6/h7-8H,1-6H3,(H,13,15)(H,14,16)/t7-,8-/m0/s1. The fourth-order valence-electron chi connectivity index (χ4n) is 1.66. The Morgan fingerprint density at radius 3 is 1.56 bits per heavy atom. The SMILES string of the molecule is CNC(=O)[C@H]1OC(C)(C(C)(C)C)O[C@@H]1C(=O)NC. The van der Waals surface area contributed by atoms with Gasteiger partial charge in [-0.25, -0.2) is 0 Å². The maximum atomic E-state index is 11.8. The first-order valence-electron chi connectivity index (χ1n) is 5.95. The highest BCUT2D eigenvalue weighted by molar-refractivity contribution is 5.91. The van der Waals surface area contributed by atoms with E-state index in [4.69, 9.17) is 9.47 Å². The van der Waals surface area contributed by atoms with Gasteiger partial charge >= 0.3 is 0 Å². The van der Waals surface area contributed by atoms with Crippen molar-refractivity contribution in [3.63, 3.8) is 0 Å². The molecule has 0 radical (unpaired) electrons. The molecule has 18 heavy (non-hydrogen) atoms. The van der Waals surface area contributed by atoms with Crippen molar-refractivity contribution in [1.82, 2.24) is 10.6 Å². The number of rotatable bonds is 2. The van der Waals surface area contributed by atoms with Gasteiger partial charge in [0.1, 0.15) is 0 Å². The van der Waals surface area contributed by atoms with Gasteiger partial charge in [0.05, 0.1) is 0 Å². The van der Waals surface area contributed by atoms with Crippen LogP contribution in [0, 0.1) is 5.41 Å². The molecule has 1 fully saturated rings. The van der Waals surface area contributed by atoms with E-state index in [9.17, 15) is 9.59 Å². The van der Waals surface area contributed by atoms with Gasteiger partial charge in [-0.15, -0.1) is 0 Å². The van der Waals surface area contributed by atoms with Crippen LogP contribution in [-0.2, 0) is 19.1 Å². The van der Waals surface area contributed by atoms with Crippen LogP contribution in [0.3, 0.4) is 0 Å². The molecule has 2 atom stereocenters. The van der Waals surface area contributed by atoms with Gasteiger partial charge in [-0.2, -0.15) is 0 Å². The minimum Gasteiger partial charge on any atom is -0.357 e. The second-order valence-electron chi connectivity index (χ2n) is 5.50. The van der Waals surface area contributed by atoms with Crippen LogP contribution < -0.4 is 10.6 Å². The van der Waals surface area contributed by atoms with Crippen molar-refractivity contribution in [3.8, 4) is 0 Å². The molecule has 0 unspecified atom stereocenters. The Kier molecular flexibility index (Phi) is 4.02. The van der Waals surface area contributed by atoms with Crippen molar-refractivity contribution in [2.24, 2.45) is 5.41 Å². The summed E-state index contributed by atoms with van der Waals surface area (Å²) < 4.78 is 11.4. The summed E-state index contributed by atoms with van der Waals surface area (Å²) in [6.45, 7) is 7.53. The van der Waals surface area contributed by atoms with Crippen LogP contribution in [0.5, 0.6) is 0 Å². The van der Waals surface area contributed by atoms with Crippen LogP contribution in [0.15, 0.2) is 0 Å². The Bertz CT molecular complexity index is 324. The molecule has 1 saturated heterocycles. The minimum atomic E-state index is -0.985. The summed E-state index contributed by atoms with van der Waals surface area (Å²) in [5.41, 5.74) is -0.359. The van der Waals surface area contributed by atoms with E-state index in [1.165, 1.54) is 14.1 Å². The predicted octanol–water partition coefficient (Wildman–Crippen LogP) is 0.0247. The second-order valence-corrected chi connectivity index (χ2v) is 5.50. The summed E-state index contributed by atoms with van der Waals surface area (Å²) in [4.78, 5) is 23.5. The van der Waals surface area contributed by atoms with Gasteiger partial charge in [-0.3, -0.25) is 9.59 Å². The molecule has 6 nitrogen and oxygen atoms in total. The molecule has 0 aliphatic carbocycles. The minimum absolute atomic E-state index is 0.359. The number of amides is 2. The highest BCUT2D eigenvalue weighted by atomic mass is 16.8. The maximum absolute atomic E-state index is 11.8. The molecular formula is C12H22N2O4. The van der Waals surface area contributed by atoms with Crippen molar-refractivity contribution in [3.05, 3.63) is 0 Å². The monoisotopic (exact) mass is 258 g/mol. The molecule has 6 heteroatoms. The Balaban J connectivity index is 3.03. The Morgan fingerprint density at radius 1 is 1.00 bits per heavy atom. The van der Waals surface area contributed by atoms with E-state index in [-0.39, 0.29) is 17.2 Å². The van der Waals surface area contributed by atoms with Gasteiger partial charge < -0.3 is 20.1 Å². The van der Waals surface area contributed by atoms with Crippen LogP contribution in [-0.4, -0.2) is 43.9 Å². The summed E-state index contributed by atoms with van der Waals surface area (Å²) in [6, 6.07) is 0. The van der Waals surface area contributed by atoms with Gasteiger partial charge in [0, 0.05) is 19.5 Å². The average molecular weight is 258 g/mol. The molecule has 0 bridgehead atoms. The Morgan fingerprint density at radius 2 is 1.33 bits per heavy atom. The number of carbonyl (C=O) groups is 2. The topological polar surface area (TPSA) is 76.7 Å². The lowest BCUT2D eigenvalue weighted by Gasteiger charge is -2.36. The van der Waals surface area contributed by atoms with Crippen molar-refractivity contribution >= 4 is 11.8 Å². The molecule has 2 amide bonds. The lowest BCUT2D eigenvalue weighted by Crippen LogP contribution is -2.46. The highest BCUT2D eigenvalue weighted by Gasteiger charge is 2.55. The van der Waals surface area contributed by atoms with Crippen LogP contribution in [0.4, 0.5) is 0 Å². The zero-order valence-corrected chi connectivity index (χ0v) is 11.8. The summed E-state index contributed by atoms with van der Waals surface area (Å²) >= 11 is 0. The van der Waals surface area contributed by atoms with Gasteiger partial charge in [-0.05, 0) is 6.92 Å². The van der Waals surface area contributed by atoms with Crippen LogP contribution in [0.1, 0.15) is 27.7 Å². The largest absolute Gasteiger partial charge is 0.357 e. The number of likely N-dealkylation sites (N-methyl/N-ethyl adjacent to an activating group) is 2. The molecule has 0 spiro atoms. The van der Waals surface area contributed by atoms with Crippen molar-refractivity contribution in [2.45, 2.75) is 45.7 Å². The Labute approximate surface area is 107 Å². The quantitative estimate of drug-likeness (QED) is 0.732. The first-order valence-corrected chi connectivity index (χ1v) is 5.95. The number of carbonyl (C=O) groups excluding carboxylic acids is 2. The molecule has 104 valence electrons. The van der Waals surface area contributed by atoms with E-state index < -0.39 is 18.0 Å². The lowest BCUT2D eigenvalue weighted by molar-refractivity contribution is -0.223. The second kappa shape index (κ2) is 4.85. The lowest BCUT2D eigenvalue weighted by atomic mass is 9.87. The molecule has 0 aromatic rings. The van der Waals surface area contributed by atoms with Crippen molar-refractivity contribution < 1.29 is 19.1 Å². The Hall–Kier alpha value is -1.14. The third-order valence-corrected chi connectivity index (χ3v) is 3.35. The van der Waals surface area contributed by atoms with Gasteiger partial charge in [0.15, 0.2) is 18.0 Å². The molecular weight excluding hydrogens is 236 g/mol. The molecule has 1 aliphatic heterocycles. The number of ether oxygens (including phenoxy) is 2. The number of hydrogen-bond acceptors (Lipinski definition) is 4. The van der Waals surface area contributed by atoms with Crippen LogP contribution in [0.25, 0.3) is 0 Å². The van der Waals surface area contributed by atoms with E-state index in [2.05, 4.69) is 10.6 Å². The van der Waals surface area contributed by atoms with E-state index in [0.29, 0.717) is 0 Å². The third kappa shape index (κ3) is 2.49. The fourth-order valence-corrected chi connectivity index (χ4v) is 1.66. The molecule has 0 aromatic carbocycles. The van der Waals surface area contributed by atoms with Crippen LogP contribution in [0.2, 0.25) is 0 Å². The molecule has 1 aliphatic rings. The number of nitrogens with one attached hydrogen (secondary N) is 2. The predicted molar refractivity (Wildman–Crippen MR) is 65.7 cm³/mol. The number of hydrogen-bond donors (Lipinski definition) is 2. The van der Waals surface area contributed by atoms with E-state index in [1.54, 1.807) is 6.92 Å². The van der Waals surface area contributed by atoms with Gasteiger partial charge in [0.2, 0.25) is 0 Å². The van der Waals surface area contributed by atoms with Crippen LogP contribution >= 0.6 is 0 Å². The summed E-state index contributed by atoms with van der Waals surface area (Å²) in [5.74, 6) is -1.71. The van der Waals surface area contributed by atoms with E-state index in [0.717, 1.165) is 0 Å². The zero-order chi connectivity index (χ0) is 14.1. The summed E-state index contributed by atoms with van der Waals surface area (Å²) in [5, 5.41) is 4.96.